The van der Waals surface area contributed by atoms with Crippen LogP contribution < -0.4 is 5.32 Å². The van der Waals surface area contributed by atoms with E-state index in [0.29, 0.717) is 6.54 Å². The van der Waals surface area contributed by atoms with E-state index in [1.165, 1.54) is 0 Å². The Balaban J connectivity index is 2.49. The minimum Gasteiger partial charge on any atom is -0.481 e. The van der Waals surface area contributed by atoms with Gasteiger partial charge in [0.1, 0.15) is 0 Å². The van der Waals surface area contributed by atoms with Gasteiger partial charge in [-0.05, 0) is 24.7 Å². The van der Waals surface area contributed by atoms with Crippen molar-refractivity contribution >= 4 is 17.9 Å². The number of carbonyl (C=O) groups is 3. The molecule has 1 rings (SSSR count). The number of carboxylic acids is 1. The number of imide groups is 1. The number of rotatable bonds is 5. The third kappa shape index (κ3) is 4.83. The second kappa shape index (κ2) is 6.72. The predicted octanol–water partition coefficient (Wildman–Crippen LogP) is 1.99. The molecule has 6 nitrogen and oxygen atoms in total. The zero-order valence-electron chi connectivity index (χ0n) is 12.4. The fourth-order valence-electron chi connectivity index (χ4n) is 2.67. The first-order valence-corrected chi connectivity index (χ1v) is 7.07. The molecular formula is C14H24N2O4. The molecule has 2 N–H and O–H groups in total. The van der Waals surface area contributed by atoms with E-state index >= 15 is 0 Å². The monoisotopic (exact) mass is 284 g/mol. The van der Waals surface area contributed by atoms with Gasteiger partial charge >= 0.3 is 12.0 Å². The van der Waals surface area contributed by atoms with Gasteiger partial charge in [0.15, 0.2) is 0 Å². The van der Waals surface area contributed by atoms with Crippen molar-refractivity contribution in [1.82, 2.24) is 10.2 Å². The molecule has 1 unspecified atom stereocenters. The van der Waals surface area contributed by atoms with Crippen molar-refractivity contribution in [2.24, 2.45) is 5.41 Å². The van der Waals surface area contributed by atoms with Gasteiger partial charge in [0.2, 0.25) is 5.91 Å². The van der Waals surface area contributed by atoms with E-state index < -0.39 is 17.3 Å². The van der Waals surface area contributed by atoms with Gasteiger partial charge in [0, 0.05) is 19.0 Å². The van der Waals surface area contributed by atoms with Crippen molar-refractivity contribution in [3.63, 3.8) is 0 Å². The van der Waals surface area contributed by atoms with Gasteiger partial charge in [-0.15, -0.1) is 0 Å². The molecule has 0 radical (unpaired) electrons. The topological polar surface area (TPSA) is 86.7 Å². The Morgan fingerprint density at radius 1 is 1.30 bits per heavy atom. The molecule has 6 heteroatoms. The number of hydrogen-bond donors (Lipinski definition) is 2. The molecule has 0 aromatic rings. The maximum absolute atomic E-state index is 12.0. The molecule has 1 saturated heterocycles. The van der Waals surface area contributed by atoms with Gasteiger partial charge in [-0.2, -0.15) is 0 Å². The highest BCUT2D eigenvalue weighted by Gasteiger charge is 2.30. The summed E-state index contributed by atoms with van der Waals surface area (Å²) >= 11 is 0. The molecule has 0 saturated carbocycles. The third-order valence-electron chi connectivity index (χ3n) is 3.62. The average Bonchev–Trinajstić information content (AvgIpc) is 2.73. The number of aliphatic carboxylic acids is 1. The lowest BCUT2D eigenvalue weighted by molar-refractivity contribution is -0.139. The first kappa shape index (κ1) is 16.5. The molecule has 1 aliphatic heterocycles. The van der Waals surface area contributed by atoms with Gasteiger partial charge < -0.3 is 10.0 Å². The van der Waals surface area contributed by atoms with Gasteiger partial charge in [-0.1, -0.05) is 20.8 Å². The maximum atomic E-state index is 12.0. The third-order valence-corrected chi connectivity index (χ3v) is 3.62. The quantitative estimate of drug-likeness (QED) is 0.808. The summed E-state index contributed by atoms with van der Waals surface area (Å²) in [4.78, 5) is 36.3. The first-order valence-electron chi connectivity index (χ1n) is 7.07. The number of nitrogens with zero attached hydrogens (tertiary/aromatic N) is 1. The summed E-state index contributed by atoms with van der Waals surface area (Å²) in [6, 6.07) is -0.152. The van der Waals surface area contributed by atoms with Crippen LogP contribution in [0.3, 0.4) is 0 Å². The lowest BCUT2D eigenvalue weighted by atomic mass is 9.85. The highest BCUT2D eigenvalue weighted by atomic mass is 16.4. The van der Waals surface area contributed by atoms with Crippen molar-refractivity contribution < 1.29 is 19.5 Å². The van der Waals surface area contributed by atoms with E-state index in [0.717, 1.165) is 19.3 Å². The van der Waals surface area contributed by atoms with Crippen LogP contribution in [0.4, 0.5) is 4.79 Å². The number of urea groups is 1. The fourth-order valence-corrected chi connectivity index (χ4v) is 2.67. The van der Waals surface area contributed by atoms with Crippen LogP contribution in [-0.2, 0) is 9.59 Å². The Bertz CT molecular complexity index is 393. The largest absolute Gasteiger partial charge is 0.481 e. The fraction of sp³-hybridized carbons (Fsp3) is 0.786. The average molecular weight is 284 g/mol. The van der Waals surface area contributed by atoms with Crippen LogP contribution in [0, 0.1) is 5.41 Å². The highest BCUT2D eigenvalue weighted by molar-refractivity contribution is 5.94. The number of likely N-dealkylation sites (tertiary alicyclic amines) is 1. The SMILES string of the molecule is CCC1CCCN1C(=O)NC(=O)CC(C)(C)CC(=O)O. The summed E-state index contributed by atoms with van der Waals surface area (Å²) < 4.78 is 0. The van der Waals surface area contributed by atoms with E-state index in [2.05, 4.69) is 5.32 Å². The molecule has 0 aromatic carbocycles. The lowest BCUT2D eigenvalue weighted by Gasteiger charge is -2.25. The highest BCUT2D eigenvalue weighted by Crippen LogP contribution is 2.25. The zero-order valence-corrected chi connectivity index (χ0v) is 12.4. The number of hydrogen-bond acceptors (Lipinski definition) is 3. The van der Waals surface area contributed by atoms with Crippen LogP contribution in [0.5, 0.6) is 0 Å². The summed E-state index contributed by atoms with van der Waals surface area (Å²) in [6.45, 7) is 6.11. The van der Waals surface area contributed by atoms with Crippen LogP contribution in [0.2, 0.25) is 0 Å². The molecule has 3 amide bonds. The van der Waals surface area contributed by atoms with E-state index in [4.69, 9.17) is 5.11 Å². The van der Waals surface area contributed by atoms with E-state index in [1.54, 1.807) is 18.7 Å². The minimum atomic E-state index is -0.945. The van der Waals surface area contributed by atoms with Gasteiger partial charge in [0.25, 0.3) is 0 Å². The normalized spacial score (nSPS) is 18.9. The lowest BCUT2D eigenvalue weighted by Crippen LogP contribution is -2.45. The molecule has 0 bridgehead atoms. The van der Waals surface area contributed by atoms with E-state index in [-0.39, 0.29) is 24.9 Å². The molecule has 114 valence electrons. The van der Waals surface area contributed by atoms with Crippen molar-refractivity contribution in [1.29, 1.82) is 0 Å². The predicted molar refractivity (Wildman–Crippen MR) is 74.2 cm³/mol. The second-order valence-corrected chi connectivity index (χ2v) is 6.16. The Labute approximate surface area is 119 Å². The zero-order chi connectivity index (χ0) is 15.3. The standard InChI is InChI=1S/C14H24N2O4/c1-4-10-6-5-7-16(10)13(20)15-11(17)8-14(2,3)9-12(18)19/h10H,4-9H2,1-3H3,(H,18,19)(H,15,17,20). The molecule has 1 heterocycles. The van der Waals surface area contributed by atoms with Crippen LogP contribution in [0.15, 0.2) is 0 Å². The van der Waals surface area contributed by atoms with E-state index in [1.807, 2.05) is 6.92 Å². The Morgan fingerprint density at radius 3 is 2.50 bits per heavy atom. The summed E-state index contributed by atoms with van der Waals surface area (Å²) in [5.41, 5.74) is -0.661. The van der Waals surface area contributed by atoms with Gasteiger partial charge in [0.05, 0.1) is 6.42 Å². The van der Waals surface area contributed by atoms with Crippen LogP contribution in [0.25, 0.3) is 0 Å². The molecule has 0 aromatic heterocycles. The molecule has 20 heavy (non-hydrogen) atoms. The molecule has 0 spiro atoms. The van der Waals surface area contributed by atoms with E-state index in [9.17, 15) is 14.4 Å². The summed E-state index contributed by atoms with van der Waals surface area (Å²) in [5, 5.41) is 11.1. The molecule has 1 aliphatic rings. The smallest absolute Gasteiger partial charge is 0.324 e. The minimum absolute atomic E-state index is 0.0235. The number of amides is 3. The summed E-state index contributed by atoms with van der Waals surface area (Å²) in [5.74, 6) is -1.36. The Kier molecular flexibility index (Phi) is 5.53. The van der Waals surface area contributed by atoms with Crippen LogP contribution in [-0.4, -0.2) is 40.5 Å². The molecule has 0 aliphatic carbocycles. The Hall–Kier alpha value is -1.59. The number of carboxylic acid groups (broad SMARTS) is 1. The number of carbonyl (C=O) groups excluding carboxylic acids is 2. The van der Waals surface area contributed by atoms with Gasteiger partial charge in [-0.3, -0.25) is 14.9 Å². The maximum Gasteiger partial charge on any atom is 0.324 e. The molecule has 1 atom stereocenters. The summed E-state index contributed by atoms with van der Waals surface area (Å²) in [6.07, 6.45) is 2.74. The van der Waals surface area contributed by atoms with Crippen molar-refractivity contribution in [3.05, 3.63) is 0 Å². The first-order chi connectivity index (χ1) is 9.25. The van der Waals surface area contributed by atoms with Crippen molar-refractivity contribution in [2.45, 2.75) is 58.9 Å². The van der Waals surface area contributed by atoms with Crippen molar-refractivity contribution in [2.75, 3.05) is 6.54 Å². The van der Waals surface area contributed by atoms with Gasteiger partial charge in [-0.25, -0.2) is 4.79 Å². The summed E-state index contributed by atoms with van der Waals surface area (Å²) in [7, 11) is 0. The van der Waals surface area contributed by atoms with Crippen molar-refractivity contribution in [3.8, 4) is 0 Å². The number of nitrogens with one attached hydrogen (secondary N) is 1. The second-order valence-electron chi connectivity index (χ2n) is 6.16. The molecule has 1 fully saturated rings. The molecular weight excluding hydrogens is 260 g/mol. The van der Waals surface area contributed by atoms with Crippen LogP contribution in [0.1, 0.15) is 52.9 Å². The Morgan fingerprint density at radius 2 is 1.95 bits per heavy atom. The van der Waals surface area contributed by atoms with Crippen LogP contribution >= 0.6 is 0 Å².